The van der Waals surface area contributed by atoms with E-state index in [9.17, 15) is 14.4 Å². The Labute approximate surface area is 136 Å². The maximum absolute atomic E-state index is 12.2. The topological polar surface area (TPSA) is 78.5 Å². The molecule has 1 aliphatic heterocycles. The second-order valence-corrected chi connectivity index (χ2v) is 5.95. The average Bonchev–Trinajstić information content (AvgIpc) is 2.89. The van der Waals surface area contributed by atoms with E-state index in [1.165, 1.54) is 6.92 Å². The number of hydrogen-bond donors (Lipinski definition) is 2. The Bertz CT molecular complexity index is 598. The van der Waals surface area contributed by atoms with Crippen molar-refractivity contribution in [1.82, 2.24) is 5.32 Å². The van der Waals surface area contributed by atoms with Crippen LogP contribution >= 0.6 is 0 Å². The van der Waals surface area contributed by atoms with E-state index in [2.05, 4.69) is 10.6 Å². The van der Waals surface area contributed by atoms with Crippen LogP contribution < -0.4 is 15.5 Å². The van der Waals surface area contributed by atoms with Crippen LogP contribution in [0.25, 0.3) is 0 Å². The summed E-state index contributed by atoms with van der Waals surface area (Å²) in [6, 6.07) is 7.16. The molecule has 1 heterocycles. The lowest BCUT2D eigenvalue weighted by molar-refractivity contribution is -0.126. The van der Waals surface area contributed by atoms with Crippen LogP contribution in [0.3, 0.4) is 0 Å². The molecule has 0 radical (unpaired) electrons. The highest BCUT2D eigenvalue weighted by Crippen LogP contribution is 2.26. The molecule has 2 atom stereocenters. The molecule has 2 rings (SSSR count). The number of carbonyl (C=O) groups is 3. The Morgan fingerprint density at radius 3 is 2.52 bits per heavy atom. The molecule has 0 spiro atoms. The van der Waals surface area contributed by atoms with E-state index in [1.54, 1.807) is 29.2 Å². The Balaban J connectivity index is 2.02. The molecular weight excluding hydrogens is 294 g/mol. The number of benzene rings is 1. The molecule has 0 aliphatic carbocycles. The lowest BCUT2D eigenvalue weighted by Gasteiger charge is -2.18. The number of nitrogens with one attached hydrogen (secondary N) is 2. The molecule has 0 saturated carbocycles. The van der Waals surface area contributed by atoms with Gasteiger partial charge in [0.15, 0.2) is 0 Å². The number of rotatable bonds is 5. The molecule has 1 fully saturated rings. The first-order chi connectivity index (χ1) is 10.9. The van der Waals surface area contributed by atoms with E-state index in [0.29, 0.717) is 12.2 Å². The fraction of sp³-hybridized carbons (Fsp3) is 0.471. The average molecular weight is 317 g/mol. The first kappa shape index (κ1) is 17.0. The van der Waals surface area contributed by atoms with Crippen LogP contribution in [-0.2, 0) is 14.4 Å². The molecule has 3 amide bonds. The lowest BCUT2D eigenvalue weighted by atomic mass is 10.1. The third-order valence-corrected chi connectivity index (χ3v) is 4.00. The molecule has 1 saturated heterocycles. The van der Waals surface area contributed by atoms with Crippen molar-refractivity contribution in [2.75, 3.05) is 16.8 Å². The normalized spacial score (nSPS) is 18.7. The third kappa shape index (κ3) is 4.31. The van der Waals surface area contributed by atoms with Gasteiger partial charge in [-0.05, 0) is 37.6 Å². The highest BCUT2D eigenvalue weighted by molar-refractivity contribution is 6.00. The summed E-state index contributed by atoms with van der Waals surface area (Å²) in [6.07, 6.45) is 1.09. The fourth-order valence-electron chi connectivity index (χ4n) is 2.52. The first-order valence-corrected chi connectivity index (χ1v) is 7.89. The Hall–Kier alpha value is -2.37. The Morgan fingerprint density at radius 1 is 1.30 bits per heavy atom. The largest absolute Gasteiger partial charge is 0.353 e. The smallest absolute Gasteiger partial charge is 0.227 e. The van der Waals surface area contributed by atoms with Crippen molar-refractivity contribution in [1.29, 1.82) is 0 Å². The van der Waals surface area contributed by atoms with Crippen molar-refractivity contribution in [3.05, 3.63) is 24.3 Å². The summed E-state index contributed by atoms with van der Waals surface area (Å²) in [4.78, 5) is 37.0. The van der Waals surface area contributed by atoms with Crippen molar-refractivity contribution >= 4 is 29.1 Å². The zero-order chi connectivity index (χ0) is 17.0. The summed E-state index contributed by atoms with van der Waals surface area (Å²) in [5, 5.41) is 5.61. The van der Waals surface area contributed by atoms with Gasteiger partial charge in [-0.25, -0.2) is 0 Å². The van der Waals surface area contributed by atoms with Crippen LogP contribution in [0.1, 0.15) is 33.6 Å². The van der Waals surface area contributed by atoms with E-state index in [0.717, 1.165) is 12.1 Å². The van der Waals surface area contributed by atoms with Crippen LogP contribution in [-0.4, -0.2) is 30.3 Å². The van der Waals surface area contributed by atoms with E-state index in [1.807, 2.05) is 13.8 Å². The van der Waals surface area contributed by atoms with Gasteiger partial charge in [0.05, 0.1) is 5.92 Å². The van der Waals surface area contributed by atoms with Crippen molar-refractivity contribution < 1.29 is 14.4 Å². The molecule has 2 N–H and O–H groups in total. The molecule has 124 valence electrons. The van der Waals surface area contributed by atoms with E-state index in [4.69, 9.17) is 0 Å². The highest BCUT2D eigenvalue weighted by atomic mass is 16.2. The highest BCUT2D eigenvalue weighted by Gasteiger charge is 2.35. The van der Waals surface area contributed by atoms with Crippen molar-refractivity contribution in [3.8, 4) is 0 Å². The summed E-state index contributed by atoms with van der Waals surface area (Å²) in [5.74, 6) is -0.574. The van der Waals surface area contributed by atoms with Crippen molar-refractivity contribution in [3.63, 3.8) is 0 Å². The lowest BCUT2D eigenvalue weighted by Crippen LogP contribution is -2.38. The minimum Gasteiger partial charge on any atom is -0.353 e. The van der Waals surface area contributed by atoms with Crippen molar-refractivity contribution in [2.45, 2.75) is 39.7 Å². The quantitative estimate of drug-likeness (QED) is 0.871. The van der Waals surface area contributed by atoms with Gasteiger partial charge in [0.2, 0.25) is 17.7 Å². The number of anilines is 2. The molecule has 6 heteroatoms. The molecule has 0 bridgehead atoms. The SMILES string of the molecule is CCC(C)NC(=O)C1CC(=O)N(c2ccc(NC(C)=O)cc2)C1. The van der Waals surface area contributed by atoms with Gasteiger partial charge in [0, 0.05) is 37.3 Å². The van der Waals surface area contributed by atoms with Gasteiger partial charge in [0.1, 0.15) is 0 Å². The van der Waals surface area contributed by atoms with Gasteiger partial charge in [-0.15, -0.1) is 0 Å². The summed E-state index contributed by atoms with van der Waals surface area (Å²) in [5.41, 5.74) is 1.42. The summed E-state index contributed by atoms with van der Waals surface area (Å²) in [7, 11) is 0. The fourth-order valence-corrected chi connectivity index (χ4v) is 2.52. The zero-order valence-electron chi connectivity index (χ0n) is 13.8. The third-order valence-electron chi connectivity index (χ3n) is 4.00. The molecule has 23 heavy (non-hydrogen) atoms. The number of nitrogens with zero attached hydrogens (tertiary/aromatic N) is 1. The van der Waals surface area contributed by atoms with E-state index >= 15 is 0 Å². The minimum absolute atomic E-state index is 0.0541. The van der Waals surface area contributed by atoms with Crippen molar-refractivity contribution in [2.24, 2.45) is 5.92 Å². The monoisotopic (exact) mass is 317 g/mol. The molecule has 1 aromatic rings. The molecule has 6 nitrogen and oxygen atoms in total. The summed E-state index contributed by atoms with van der Waals surface area (Å²) >= 11 is 0. The van der Waals surface area contributed by atoms with E-state index < -0.39 is 0 Å². The minimum atomic E-state index is -0.313. The standard InChI is InChI=1S/C17H23N3O3/c1-4-11(2)18-17(23)13-9-16(22)20(10-13)15-7-5-14(6-8-15)19-12(3)21/h5-8,11,13H,4,9-10H2,1-3H3,(H,18,23)(H,19,21). The summed E-state index contributed by atoms with van der Waals surface area (Å²) in [6.45, 7) is 5.79. The number of hydrogen-bond acceptors (Lipinski definition) is 3. The van der Waals surface area contributed by atoms with Gasteiger partial charge in [0.25, 0.3) is 0 Å². The molecular formula is C17H23N3O3. The van der Waals surface area contributed by atoms with Gasteiger partial charge < -0.3 is 15.5 Å². The van der Waals surface area contributed by atoms with Gasteiger partial charge in [-0.3, -0.25) is 14.4 Å². The molecule has 1 aliphatic rings. The second kappa shape index (κ2) is 7.26. The Kier molecular flexibility index (Phi) is 5.36. The van der Waals surface area contributed by atoms with Crippen LogP contribution in [0.15, 0.2) is 24.3 Å². The Morgan fingerprint density at radius 2 is 1.96 bits per heavy atom. The van der Waals surface area contributed by atoms with Crippen LogP contribution in [0, 0.1) is 5.92 Å². The van der Waals surface area contributed by atoms with E-state index in [-0.39, 0.29) is 36.1 Å². The van der Waals surface area contributed by atoms with Gasteiger partial charge >= 0.3 is 0 Å². The predicted octanol–water partition coefficient (Wildman–Crippen LogP) is 1.91. The van der Waals surface area contributed by atoms with Crippen LogP contribution in [0.4, 0.5) is 11.4 Å². The molecule has 2 unspecified atom stereocenters. The van der Waals surface area contributed by atoms with Crippen LogP contribution in [0.2, 0.25) is 0 Å². The summed E-state index contributed by atoms with van der Waals surface area (Å²) < 4.78 is 0. The van der Waals surface area contributed by atoms with Gasteiger partial charge in [-0.1, -0.05) is 6.92 Å². The number of amides is 3. The number of carbonyl (C=O) groups excluding carboxylic acids is 3. The second-order valence-electron chi connectivity index (χ2n) is 5.95. The predicted molar refractivity (Wildman–Crippen MR) is 89.1 cm³/mol. The van der Waals surface area contributed by atoms with Crippen LogP contribution in [0.5, 0.6) is 0 Å². The molecule has 1 aromatic carbocycles. The maximum atomic E-state index is 12.2. The maximum Gasteiger partial charge on any atom is 0.227 e. The first-order valence-electron chi connectivity index (χ1n) is 7.89. The van der Waals surface area contributed by atoms with Gasteiger partial charge in [-0.2, -0.15) is 0 Å². The zero-order valence-corrected chi connectivity index (χ0v) is 13.8. The molecule has 0 aromatic heterocycles.